The van der Waals surface area contributed by atoms with Crippen LogP contribution < -0.4 is 15.8 Å². The fourth-order valence-electron chi connectivity index (χ4n) is 3.43. The molecule has 0 spiro atoms. The van der Waals surface area contributed by atoms with Crippen LogP contribution >= 0.6 is 0 Å². The van der Waals surface area contributed by atoms with Gasteiger partial charge in [-0.05, 0) is 6.42 Å². The molecular weight excluding hydrogens is 344 g/mol. The average Bonchev–Trinajstić information content (AvgIpc) is 2.75. The van der Waals surface area contributed by atoms with Crippen LogP contribution in [0.2, 0.25) is 0 Å². The van der Waals surface area contributed by atoms with Crippen LogP contribution in [0.1, 0.15) is 12.8 Å². The summed E-state index contributed by atoms with van der Waals surface area (Å²) in [6.07, 6.45) is 2.51. The first-order valence-electron chi connectivity index (χ1n) is 9.16. The summed E-state index contributed by atoms with van der Waals surface area (Å²) in [5, 5.41) is 0. The van der Waals surface area contributed by atoms with Crippen molar-refractivity contribution in [2.24, 2.45) is 0 Å². The molecule has 3 heterocycles. The summed E-state index contributed by atoms with van der Waals surface area (Å²) in [7, 11) is 0. The molecule has 0 aliphatic carbocycles. The summed E-state index contributed by atoms with van der Waals surface area (Å²) in [6.45, 7) is 2.71. The van der Waals surface area contributed by atoms with Crippen molar-refractivity contribution >= 4 is 17.6 Å². The Hall–Kier alpha value is -3.00. The van der Waals surface area contributed by atoms with Crippen LogP contribution in [0.3, 0.4) is 0 Å². The van der Waals surface area contributed by atoms with E-state index in [9.17, 15) is 9.59 Å². The van der Waals surface area contributed by atoms with E-state index in [0.29, 0.717) is 25.9 Å². The maximum Gasteiger partial charge on any atom is 0.241 e. The van der Waals surface area contributed by atoms with Crippen molar-refractivity contribution in [3.05, 3.63) is 42.7 Å². The molecule has 2 aromatic rings. The van der Waals surface area contributed by atoms with E-state index in [1.807, 2.05) is 41.3 Å². The molecule has 1 aromatic carbocycles. The summed E-state index contributed by atoms with van der Waals surface area (Å²) in [5.41, 5.74) is 7.30. The number of anilines is 1. The van der Waals surface area contributed by atoms with E-state index in [2.05, 4.69) is 25.7 Å². The highest BCUT2D eigenvalue weighted by atomic mass is 16.2. The zero-order valence-electron chi connectivity index (χ0n) is 15.0. The van der Waals surface area contributed by atoms with Crippen molar-refractivity contribution in [3.63, 3.8) is 0 Å². The van der Waals surface area contributed by atoms with Gasteiger partial charge in [-0.1, -0.05) is 30.3 Å². The number of nitrogens with one attached hydrogen (secondary N) is 2. The Morgan fingerprint density at radius 2 is 1.85 bits per heavy atom. The number of hydrogen-bond acceptors (Lipinski definition) is 6. The van der Waals surface area contributed by atoms with Gasteiger partial charge in [0.05, 0.1) is 5.69 Å². The van der Waals surface area contributed by atoms with E-state index in [0.717, 1.165) is 30.2 Å². The standard InChI is InChI=1S/C19H22N6O2/c26-18-7-6-15(22-23-18)19(27)25-10-8-24(9-11-25)17-12-16(20-13-21-17)14-4-2-1-3-5-14/h1-5,12-13,15,22H,6-11H2,(H,23,26). The first kappa shape index (κ1) is 17.4. The number of amides is 2. The minimum atomic E-state index is -0.335. The molecule has 4 rings (SSSR count). The molecule has 0 radical (unpaired) electrons. The SMILES string of the molecule is O=C1CCC(C(=O)N2CCN(c3cc(-c4ccccc4)ncn3)CC2)NN1. The van der Waals surface area contributed by atoms with Gasteiger partial charge in [-0.25, -0.2) is 15.4 Å². The molecule has 1 atom stereocenters. The number of rotatable bonds is 3. The summed E-state index contributed by atoms with van der Waals surface area (Å²) in [4.78, 5) is 36.6. The van der Waals surface area contributed by atoms with Crippen LogP contribution in [0.4, 0.5) is 5.82 Å². The van der Waals surface area contributed by atoms with E-state index in [4.69, 9.17) is 0 Å². The Morgan fingerprint density at radius 1 is 1.07 bits per heavy atom. The summed E-state index contributed by atoms with van der Waals surface area (Å²) < 4.78 is 0. The Labute approximate surface area is 157 Å². The molecule has 2 aliphatic heterocycles. The summed E-state index contributed by atoms with van der Waals surface area (Å²) in [5.74, 6) is 0.850. The van der Waals surface area contributed by atoms with Crippen LogP contribution in [-0.2, 0) is 9.59 Å². The number of piperazine rings is 1. The third kappa shape index (κ3) is 3.90. The van der Waals surface area contributed by atoms with Crippen molar-refractivity contribution in [1.29, 1.82) is 0 Å². The average molecular weight is 366 g/mol. The van der Waals surface area contributed by atoms with Gasteiger partial charge in [0.25, 0.3) is 0 Å². The van der Waals surface area contributed by atoms with Crippen molar-refractivity contribution < 1.29 is 9.59 Å². The van der Waals surface area contributed by atoms with E-state index < -0.39 is 0 Å². The van der Waals surface area contributed by atoms with Crippen LogP contribution in [0.5, 0.6) is 0 Å². The minimum absolute atomic E-state index is 0.0438. The zero-order chi connectivity index (χ0) is 18.6. The highest BCUT2D eigenvalue weighted by molar-refractivity contribution is 5.85. The molecule has 1 unspecified atom stereocenters. The van der Waals surface area contributed by atoms with Gasteiger partial charge in [-0.15, -0.1) is 0 Å². The van der Waals surface area contributed by atoms with Crippen LogP contribution in [-0.4, -0.2) is 58.9 Å². The van der Waals surface area contributed by atoms with Crippen molar-refractivity contribution in [3.8, 4) is 11.3 Å². The lowest BCUT2D eigenvalue weighted by atomic mass is 10.1. The molecule has 140 valence electrons. The molecule has 2 amide bonds. The monoisotopic (exact) mass is 366 g/mol. The quantitative estimate of drug-likeness (QED) is 0.826. The number of hydrazine groups is 1. The third-order valence-electron chi connectivity index (χ3n) is 4.98. The topological polar surface area (TPSA) is 90.5 Å². The molecule has 8 nitrogen and oxygen atoms in total. The Balaban J connectivity index is 1.38. The number of carbonyl (C=O) groups excluding carboxylic acids is 2. The van der Waals surface area contributed by atoms with E-state index in [1.165, 1.54) is 0 Å². The molecule has 2 saturated heterocycles. The van der Waals surface area contributed by atoms with Gasteiger partial charge in [0.2, 0.25) is 11.8 Å². The van der Waals surface area contributed by atoms with Gasteiger partial charge in [0.1, 0.15) is 18.2 Å². The molecule has 0 bridgehead atoms. The Kier molecular flexibility index (Phi) is 4.97. The fraction of sp³-hybridized carbons (Fsp3) is 0.368. The van der Waals surface area contributed by atoms with Crippen LogP contribution in [0.25, 0.3) is 11.3 Å². The second-order valence-electron chi connectivity index (χ2n) is 6.72. The molecule has 2 fully saturated rings. The smallest absolute Gasteiger partial charge is 0.241 e. The summed E-state index contributed by atoms with van der Waals surface area (Å²) >= 11 is 0. The molecule has 0 saturated carbocycles. The molecule has 27 heavy (non-hydrogen) atoms. The van der Waals surface area contributed by atoms with Gasteiger partial charge in [-0.2, -0.15) is 0 Å². The van der Waals surface area contributed by atoms with E-state index in [-0.39, 0.29) is 17.9 Å². The van der Waals surface area contributed by atoms with Gasteiger partial charge in [0.15, 0.2) is 0 Å². The van der Waals surface area contributed by atoms with Crippen molar-refractivity contribution in [2.75, 3.05) is 31.1 Å². The second kappa shape index (κ2) is 7.71. The van der Waals surface area contributed by atoms with Gasteiger partial charge in [0, 0.05) is 44.2 Å². The molecular formula is C19H22N6O2. The lowest BCUT2D eigenvalue weighted by Gasteiger charge is -2.37. The number of benzene rings is 1. The van der Waals surface area contributed by atoms with Crippen LogP contribution in [0.15, 0.2) is 42.7 Å². The van der Waals surface area contributed by atoms with Gasteiger partial charge >= 0.3 is 0 Å². The minimum Gasteiger partial charge on any atom is -0.353 e. The highest BCUT2D eigenvalue weighted by Crippen LogP contribution is 2.21. The molecule has 2 aliphatic rings. The number of nitrogens with zero attached hydrogens (tertiary/aromatic N) is 4. The fourth-order valence-corrected chi connectivity index (χ4v) is 3.43. The largest absolute Gasteiger partial charge is 0.353 e. The van der Waals surface area contributed by atoms with Gasteiger partial charge < -0.3 is 9.80 Å². The maximum absolute atomic E-state index is 12.6. The number of aromatic nitrogens is 2. The third-order valence-corrected chi connectivity index (χ3v) is 4.98. The molecule has 1 aromatic heterocycles. The predicted molar refractivity (Wildman–Crippen MR) is 101 cm³/mol. The van der Waals surface area contributed by atoms with E-state index >= 15 is 0 Å². The van der Waals surface area contributed by atoms with Crippen molar-refractivity contribution in [2.45, 2.75) is 18.9 Å². The Bertz CT molecular complexity index is 810. The summed E-state index contributed by atoms with van der Waals surface area (Å²) in [6, 6.07) is 11.7. The zero-order valence-corrected chi connectivity index (χ0v) is 15.0. The molecule has 2 N–H and O–H groups in total. The number of hydrogen-bond donors (Lipinski definition) is 2. The highest BCUT2D eigenvalue weighted by Gasteiger charge is 2.30. The van der Waals surface area contributed by atoms with E-state index in [1.54, 1.807) is 6.33 Å². The second-order valence-corrected chi connectivity index (χ2v) is 6.72. The first-order chi connectivity index (χ1) is 13.2. The lowest BCUT2D eigenvalue weighted by Crippen LogP contribution is -2.59. The predicted octanol–water partition coefficient (Wildman–Crippen LogP) is 0.575. The van der Waals surface area contributed by atoms with Gasteiger partial charge in [-0.3, -0.25) is 15.0 Å². The van der Waals surface area contributed by atoms with Crippen LogP contribution in [0, 0.1) is 0 Å². The van der Waals surface area contributed by atoms with Crippen molar-refractivity contribution in [1.82, 2.24) is 25.7 Å². The normalized spacial score (nSPS) is 20.3. The Morgan fingerprint density at radius 3 is 2.56 bits per heavy atom. The lowest BCUT2D eigenvalue weighted by molar-refractivity contribution is -0.136. The molecule has 8 heteroatoms. The first-order valence-corrected chi connectivity index (χ1v) is 9.16. The number of carbonyl (C=O) groups is 2. The maximum atomic E-state index is 12.6.